The normalized spacial score (nSPS) is 12.1. The third kappa shape index (κ3) is 4.14. The van der Waals surface area contributed by atoms with E-state index in [4.69, 9.17) is 5.26 Å². The lowest BCUT2D eigenvalue weighted by molar-refractivity contribution is 0.198. The van der Waals surface area contributed by atoms with Crippen LogP contribution in [0.4, 0.5) is 0 Å². The van der Waals surface area contributed by atoms with Gasteiger partial charge in [-0.3, -0.25) is 9.88 Å². The molecule has 3 nitrogen and oxygen atoms in total. The molecule has 0 aliphatic heterocycles. The number of hydrogen-bond acceptors (Lipinski definition) is 3. The Morgan fingerprint density at radius 3 is 2.52 bits per heavy atom. The maximum atomic E-state index is 9.16. The molecule has 0 aliphatic carbocycles. The Kier molecular flexibility index (Phi) is 5.48. The van der Waals surface area contributed by atoms with Gasteiger partial charge in [-0.2, -0.15) is 5.26 Å². The molecule has 2 rings (SSSR count). The fraction of sp³-hybridized carbons (Fsp3) is 0.333. The summed E-state index contributed by atoms with van der Waals surface area (Å²) in [6, 6.07) is 18.8. The van der Waals surface area contributed by atoms with E-state index in [0.717, 1.165) is 24.5 Å². The zero-order valence-electron chi connectivity index (χ0n) is 12.7. The van der Waals surface area contributed by atoms with E-state index in [9.17, 15) is 0 Å². The molecule has 1 aromatic carbocycles. The minimum atomic E-state index is 0.114. The summed E-state index contributed by atoms with van der Waals surface area (Å²) >= 11 is 0. The highest BCUT2D eigenvalue weighted by Crippen LogP contribution is 2.25. The predicted octanol–water partition coefficient (Wildman–Crippen LogP) is 3.87. The number of nitrogens with zero attached hydrogens (tertiary/aromatic N) is 3. The number of hydrogen-bond donors (Lipinski definition) is 0. The molecule has 0 fully saturated rings. The van der Waals surface area contributed by atoms with Crippen molar-refractivity contribution in [1.29, 1.82) is 5.26 Å². The van der Waals surface area contributed by atoms with Crippen LogP contribution < -0.4 is 0 Å². The molecule has 108 valence electrons. The summed E-state index contributed by atoms with van der Waals surface area (Å²) in [7, 11) is 0. The molecule has 0 saturated carbocycles. The fourth-order valence-corrected chi connectivity index (χ4v) is 2.56. The van der Waals surface area contributed by atoms with E-state index in [1.54, 1.807) is 0 Å². The molecule has 2 aromatic rings. The Bertz CT molecular complexity index is 601. The van der Waals surface area contributed by atoms with Crippen molar-refractivity contribution < 1.29 is 0 Å². The van der Waals surface area contributed by atoms with Crippen LogP contribution in [0.3, 0.4) is 0 Å². The molecule has 0 saturated heterocycles. The fourth-order valence-electron chi connectivity index (χ4n) is 2.56. The van der Waals surface area contributed by atoms with Gasteiger partial charge in [0.2, 0.25) is 0 Å². The van der Waals surface area contributed by atoms with Gasteiger partial charge in [0.15, 0.2) is 0 Å². The minimum absolute atomic E-state index is 0.114. The molecule has 0 spiro atoms. The zero-order chi connectivity index (χ0) is 15.1. The first-order valence-corrected chi connectivity index (χ1v) is 7.33. The second-order valence-electron chi connectivity index (χ2n) is 5.12. The van der Waals surface area contributed by atoms with Crippen LogP contribution in [-0.2, 0) is 6.54 Å². The monoisotopic (exact) mass is 279 g/mol. The van der Waals surface area contributed by atoms with Crippen molar-refractivity contribution in [2.24, 2.45) is 0 Å². The van der Waals surface area contributed by atoms with Crippen molar-refractivity contribution in [3.05, 3.63) is 65.5 Å². The lowest BCUT2D eigenvalue weighted by Gasteiger charge is -2.29. The number of nitriles is 1. The minimum Gasteiger partial charge on any atom is -0.290 e. The van der Waals surface area contributed by atoms with Gasteiger partial charge >= 0.3 is 0 Å². The summed E-state index contributed by atoms with van der Waals surface area (Å²) in [5, 5.41) is 9.16. The predicted molar refractivity (Wildman–Crippen MR) is 84.5 cm³/mol. The number of rotatable bonds is 6. The van der Waals surface area contributed by atoms with Crippen LogP contribution in [0.2, 0.25) is 0 Å². The van der Waals surface area contributed by atoms with E-state index in [-0.39, 0.29) is 6.04 Å². The summed E-state index contributed by atoms with van der Waals surface area (Å²) in [6.45, 7) is 5.78. The van der Waals surface area contributed by atoms with E-state index in [1.165, 1.54) is 5.56 Å². The van der Waals surface area contributed by atoms with Crippen molar-refractivity contribution in [2.75, 3.05) is 6.54 Å². The highest BCUT2D eigenvalue weighted by molar-refractivity contribution is 5.20. The maximum absolute atomic E-state index is 9.16. The second-order valence-corrected chi connectivity index (χ2v) is 5.12. The van der Waals surface area contributed by atoms with Crippen LogP contribution in [0.5, 0.6) is 0 Å². The Labute approximate surface area is 126 Å². The Morgan fingerprint density at radius 2 is 1.90 bits per heavy atom. The van der Waals surface area contributed by atoms with Crippen molar-refractivity contribution in [1.82, 2.24) is 9.88 Å². The highest BCUT2D eigenvalue weighted by Gasteiger charge is 2.19. The van der Waals surface area contributed by atoms with Crippen LogP contribution >= 0.6 is 0 Å². The first-order chi connectivity index (χ1) is 10.2. The van der Waals surface area contributed by atoms with Crippen molar-refractivity contribution in [3.8, 4) is 6.07 Å². The average molecular weight is 279 g/mol. The molecule has 1 heterocycles. The smallest absolute Gasteiger partial charge is 0.0641 e. The molecule has 21 heavy (non-hydrogen) atoms. The van der Waals surface area contributed by atoms with Gasteiger partial charge in [-0.15, -0.1) is 0 Å². The lowest BCUT2D eigenvalue weighted by atomic mass is 10.0. The zero-order valence-corrected chi connectivity index (χ0v) is 12.7. The third-order valence-electron chi connectivity index (χ3n) is 3.63. The maximum Gasteiger partial charge on any atom is 0.0641 e. The SMILES string of the molecule is CCN(Cc1cccc(C)n1)C(CC#N)c1ccccc1. The van der Waals surface area contributed by atoms with Gasteiger partial charge in [-0.25, -0.2) is 0 Å². The van der Waals surface area contributed by atoms with Crippen LogP contribution in [-0.4, -0.2) is 16.4 Å². The molecule has 0 bridgehead atoms. The summed E-state index contributed by atoms with van der Waals surface area (Å²) in [4.78, 5) is 6.88. The summed E-state index contributed by atoms with van der Waals surface area (Å²) in [6.07, 6.45) is 0.490. The van der Waals surface area contributed by atoms with E-state index < -0.39 is 0 Å². The van der Waals surface area contributed by atoms with Gasteiger partial charge < -0.3 is 0 Å². The molecular weight excluding hydrogens is 258 g/mol. The molecule has 1 unspecified atom stereocenters. The molecule has 0 amide bonds. The number of aryl methyl sites for hydroxylation is 1. The number of pyridine rings is 1. The van der Waals surface area contributed by atoms with E-state index >= 15 is 0 Å². The molecule has 0 aliphatic rings. The summed E-state index contributed by atoms with van der Waals surface area (Å²) in [5.41, 5.74) is 3.27. The van der Waals surface area contributed by atoms with Gasteiger partial charge in [-0.05, 0) is 31.2 Å². The first kappa shape index (κ1) is 15.2. The van der Waals surface area contributed by atoms with Crippen molar-refractivity contribution in [3.63, 3.8) is 0 Å². The van der Waals surface area contributed by atoms with E-state index in [2.05, 4.69) is 35.0 Å². The molecule has 1 atom stereocenters. The van der Waals surface area contributed by atoms with Crippen LogP contribution in [0.25, 0.3) is 0 Å². The molecular formula is C18H21N3. The summed E-state index contributed by atoms with van der Waals surface area (Å²) < 4.78 is 0. The van der Waals surface area contributed by atoms with Gasteiger partial charge in [0, 0.05) is 18.3 Å². The molecule has 1 aromatic heterocycles. The van der Waals surface area contributed by atoms with E-state index in [1.807, 2.05) is 43.3 Å². The number of aromatic nitrogens is 1. The highest BCUT2D eigenvalue weighted by atomic mass is 15.2. The average Bonchev–Trinajstić information content (AvgIpc) is 2.51. The van der Waals surface area contributed by atoms with Crippen molar-refractivity contribution in [2.45, 2.75) is 32.9 Å². The Balaban J connectivity index is 2.22. The largest absolute Gasteiger partial charge is 0.290 e. The van der Waals surface area contributed by atoms with Gasteiger partial charge in [0.1, 0.15) is 0 Å². The first-order valence-electron chi connectivity index (χ1n) is 7.33. The Hall–Kier alpha value is -2.18. The van der Waals surface area contributed by atoms with E-state index in [0.29, 0.717) is 6.42 Å². The van der Waals surface area contributed by atoms with Gasteiger partial charge in [0.05, 0.1) is 18.2 Å². The van der Waals surface area contributed by atoms with Crippen LogP contribution in [0.15, 0.2) is 48.5 Å². The molecule has 3 heteroatoms. The summed E-state index contributed by atoms with van der Waals surface area (Å²) in [5.74, 6) is 0. The van der Waals surface area contributed by atoms with Crippen LogP contribution in [0.1, 0.15) is 36.3 Å². The molecule has 0 radical (unpaired) electrons. The standard InChI is InChI=1S/C18H21N3/c1-3-21(14-17-11-7-8-15(2)20-17)18(12-13-19)16-9-5-4-6-10-16/h4-11,18H,3,12,14H2,1-2H3. The second kappa shape index (κ2) is 7.56. The Morgan fingerprint density at radius 1 is 1.14 bits per heavy atom. The quantitative estimate of drug-likeness (QED) is 0.806. The lowest BCUT2D eigenvalue weighted by Crippen LogP contribution is -2.28. The van der Waals surface area contributed by atoms with Gasteiger partial charge in [-0.1, -0.05) is 43.3 Å². The van der Waals surface area contributed by atoms with Gasteiger partial charge in [0.25, 0.3) is 0 Å². The third-order valence-corrected chi connectivity index (χ3v) is 3.63. The molecule has 0 N–H and O–H groups in total. The topological polar surface area (TPSA) is 39.9 Å². The number of benzene rings is 1. The van der Waals surface area contributed by atoms with Crippen molar-refractivity contribution >= 4 is 0 Å². The van der Waals surface area contributed by atoms with Crippen LogP contribution in [0, 0.1) is 18.3 Å².